The molecule has 0 heterocycles. The minimum absolute atomic E-state index is 0.260. The highest BCUT2D eigenvalue weighted by molar-refractivity contribution is 5.34. The van der Waals surface area contributed by atoms with Crippen molar-refractivity contribution in [1.29, 1.82) is 0 Å². The Labute approximate surface area is 94.7 Å². The van der Waals surface area contributed by atoms with Crippen LogP contribution in [0.5, 0.6) is 0 Å². The van der Waals surface area contributed by atoms with Gasteiger partial charge in [0.25, 0.3) is 0 Å². The summed E-state index contributed by atoms with van der Waals surface area (Å²) in [6.45, 7) is 12.9. The van der Waals surface area contributed by atoms with Crippen molar-refractivity contribution in [3.63, 3.8) is 0 Å². The lowest BCUT2D eigenvalue weighted by molar-refractivity contribution is 0.589. The maximum atomic E-state index is 3.89. The van der Waals surface area contributed by atoms with Gasteiger partial charge in [0.05, 0.1) is 0 Å². The SMILES string of the molecule is [CH2]CCCc1ccc(C(C)(C)C)cc1C. The fourth-order valence-electron chi connectivity index (χ4n) is 1.76. The first-order valence-corrected chi connectivity index (χ1v) is 5.84. The van der Waals surface area contributed by atoms with Crippen LogP contribution in [-0.4, -0.2) is 0 Å². The third-order valence-corrected chi connectivity index (χ3v) is 2.90. The fourth-order valence-corrected chi connectivity index (χ4v) is 1.76. The lowest BCUT2D eigenvalue weighted by Crippen LogP contribution is -2.11. The molecule has 0 heteroatoms. The number of unbranched alkanes of at least 4 members (excludes halogenated alkanes) is 1. The van der Waals surface area contributed by atoms with E-state index in [0.29, 0.717) is 0 Å². The van der Waals surface area contributed by atoms with E-state index in [1.165, 1.54) is 29.5 Å². The van der Waals surface area contributed by atoms with Gasteiger partial charge in [0.15, 0.2) is 0 Å². The van der Waals surface area contributed by atoms with Crippen LogP contribution in [-0.2, 0) is 11.8 Å². The summed E-state index contributed by atoms with van der Waals surface area (Å²) in [7, 11) is 0. The quantitative estimate of drug-likeness (QED) is 0.681. The topological polar surface area (TPSA) is 0 Å². The smallest absolute Gasteiger partial charge is 0.0132 e. The highest BCUT2D eigenvalue weighted by atomic mass is 14.2. The molecule has 0 spiro atoms. The molecule has 0 saturated heterocycles. The first-order chi connectivity index (χ1) is 6.95. The van der Waals surface area contributed by atoms with E-state index >= 15 is 0 Å². The molecular formula is C15H23. The molecule has 0 aliphatic heterocycles. The van der Waals surface area contributed by atoms with E-state index in [4.69, 9.17) is 0 Å². The maximum absolute atomic E-state index is 3.89. The molecule has 0 atom stereocenters. The Bertz CT molecular complexity index is 315. The first kappa shape index (κ1) is 12.3. The van der Waals surface area contributed by atoms with E-state index in [1.54, 1.807) is 0 Å². The summed E-state index contributed by atoms with van der Waals surface area (Å²) in [6, 6.07) is 6.88. The van der Waals surface area contributed by atoms with E-state index in [0.717, 1.165) is 6.42 Å². The molecule has 0 N–H and O–H groups in total. The standard InChI is InChI=1S/C15H23/c1-6-7-8-13-9-10-14(11-12(13)2)15(3,4)5/h9-11H,1,6-8H2,2-5H3. The average molecular weight is 203 g/mol. The van der Waals surface area contributed by atoms with Gasteiger partial charge < -0.3 is 0 Å². The second kappa shape index (κ2) is 4.83. The van der Waals surface area contributed by atoms with Crippen LogP contribution in [0.1, 0.15) is 50.3 Å². The molecule has 83 valence electrons. The zero-order valence-corrected chi connectivity index (χ0v) is 10.6. The highest BCUT2D eigenvalue weighted by Gasteiger charge is 2.13. The van der Waals surface area contributed by atoms with Crippen molar-refractivity contribution in [2.24, 2.45) is 0 Å². The van der Waals surface area contributed by atoms with Gasteiger partial charge in [-0.25, -0.2) is 0 Å². The predicted octanol–water partition coefficient (Wildman–Crippen LogP) is 4.45. The van der Waals surface area contributed by atoms with Gasteiger partial charge >= 0.3 is 0 Å². The van der Waals surface area contributed by atoms with Gasteiger partial charge in [-0.15, -0.1) is 0 Å². The van der Waals surface area contributed by atoms with Crippen LogP contribution in [0.3, 0.4) is 0 Å². The molecule has 0 unspecified atom stereocenters. The molecule has 1 aromatic rings. The molecule has 0 nitrogen and oxygen atoms in total. The fraction of sp³-hybridized carbons (Fsp3) is 0.533. The molecule has 0 amide bonds. The minimum atomic E-state index is 0.260. The van der Waals surface area contributed by atoms with Crippen LogP contribution in [0.15, 0.2) is 18.2 Å². The highest BCUT2D eigenvalue weighted by Crippen LogP contribution is 2.24. The minimum Gasteiger partial charge on any atom is -0.0585 e. The second-order valence-corrected chi connectivity index (χ2v) is 5.35. The Balaban J connectivity index is 2.88. The Morgan fingerprint density at radius 2 is 1.87 bits per heavy atom. The number of benzene rings is 1. The maximum Gasteiger partial charge on any atom is -0.0132 e. The van der Waals surface area contributed by atoms with E-state index < -0.39 is 0 Å². The molecule has 0 aliphatic carbocycles. The van der Waals surface area contributed by atoms with Crippen molar-refractivity contribution in [2.75, 3.05) is 0 Å². The average Bonchev–Trinajstić information content (AvgIpc) is 2.14. The molecule has 0 aromatic heterocycles. The van der Waals surface area contributed by atoms with E-state index in [1.807, 2.05) is 0 Å². The van der Waals surface area contributed by atoms with Gasteiger partial charge in [0.2, 0.25) is 0 Å². The summed E-state index contributed by atoms with van der Waals surface area (Å²) in [5.41, 5.74) is 4.59. The van der Waals surface area contributed by atoms with Crippen LogP contribution in [0, 0.1) is 13.8 Å². The van der Waals surface area contributed by atoms with Crippen molar-refractivity contribution >= 4 is 0 Å². The molecule has 1 aromatic carbocycles. The number of hydrogen-bond donors (Lipinski definition) is 0. The Morgan fingerprint density at radius 1 is 1.20 bits per heavy atom. The summed E-state index contributed by atoms with van der Waals surface area (Å²) in [5.74, 6) is 0. The molecule has 0 fully saturated rings. The third kappa shape index (κ3) is 3.37. The van der Waals surface area contributed by atoms with E-state index in [-0.39, 0.29) is 5.41 Å². The van der Waals surface area contributed by atoms with Crippen LogP contribution < -0.4 is 0 Å². The monoisotopic (exact) mass is 203 g/mol. The molecule has 0 aliphatic rings. The number of rotatable bonds is 3. The van der Waals surface area contributed by atoms with Crippen molar-refractivity contribution in [3.8, 4) is 0 Å². The Kier molecular flexibility index (Phi) is 3.96. The molecule has 15 heavy (non-hydrogen) atoms. The van der Waals surface area contributed by atoms with Crippen molar-refractivity contribution in [3.05, 3.63) is 41.8 Å². The lowest BCUT2D eigenvalue weighted by Gasteiger charge is -2.20. The van der Waals surface area contributed by atoms with Gasteiger partial charge in [-0.1, -0.05) is 52.3 Å². The van der Waals surface area contributed by atoms with Crippen molar-refractivity contribution < 1.29 is 0 Å². The second-order valence-electron chi connectivity index (χ2n) is 5.35. The largest absolute Gasteiger partial charge is 0.0585 e. The zero-order chi connectivity index (χ0) is 11.5. The Morgan fingerprint density at radius 3 is 2.33 bits per heavy atom. The lowest BCUT2D eigenvalue weighted by atomic mass is 9.85. The summed E-state index contributed by atoms with van der Waals surface area (Å²) < 4.78 is 0. The van der Waals surface area contributed by atoms with Gasteiger partial charge in [0, 0.05) is 0 Å². The summed E-state index contributed by atoms with van der Waals surface area (Å²) >= 11 is 0. The molecule has 0 saturated carbocycles. The molecule has 0 bridgehead atoms. The van der Waals surface area contributed by atoms with Crippen molar-refractivity contribution in [2.45, 2.75) is 52.4 Å². The summed E-state index contributed by atoms with van der Waals surface area (Å²) in [4.78, 5) is 0. The predicted molar refractivity (Wildman–Crippen MR) is 68.2 cm³/mol. The van der Waals surface area contributed by atoms with Gasteiger partial charge in [-0.05, 0) is 41.9 Å². The molecule has 1 radical (unpaired) electrons. The molecular weight excluding hydrogens is 180 g/mol. The number of aryl methyl sites for hydroxylation is 2. The van der Waals surface area contributed by atoms with Crippen molar-refractivity contribution in [1.82, 2.24) is 0 Å². The normalized spacial score (nSPS) is 11.8. The first-order valence-electron chi connectivity index (χ1n) is 5.84. The number of hydrogen-bond acceptors (Lipinski definition) is 0. The van der Waals surface area contributed by atoms with Crippen LogP contribution >= 0.6 is 0 Å². The Hall–Kier alpha value is -0.780. The summed E-state index contributed by atoms with van der Waals surface area (Å²) in [5, 5.41) is 0. The van der Waals surface area contributed by atoms with E-state index in [2.05, 4.69) is 52.8 Å². The van der Waals surface area contributed by atoms with Crippen LogP contribution in [0.2, 0.25) is 0 Å². The third-order valence-electron chi connectivity index (χ3n) is 2.90. The van der Waals surface area contributed by atoms with Gasteiger partial charge in [-0.3, -0.25) is 0 Å². The zero-order valence-electron chi connectivity index (χ0n) is 10.6. The van der Waals surface area contributed by atoms with E-state index in [9.17, 15) is 0 Å². The van der Waals surface area contributed by atoms with Crippen LogP contribution in [0.25, 0.3) is 0 Å². The van der Waals surface area contributed by atoms with Gasteiger partial charge in [0.1, 0.15) is 0 Å². The van der Waals surface area contributed by atoms with Crippen LogP contribution in [0.4, 0.5) is 0 Å². The summed E-state index contributed by atoms with van der Waals surface area (Å²) in [6.07, 6.45) is 3.38. The molecule has 1 rings (SSSR count). The van der Waals surface area contributed by atoms with Gasteiger partial charge in [-0.2, -0.15) is 0 Å².